The zero-order valence-electron chi connectivity index (χ0n) is 18.4. The maximum Gasteiger partial charge on any atom is 0.303 e. The fourth-order valence-corrected chi connectivity index (χ4v) is 8.59. The van der Waals surface area contributed by atoms with Crippen LogP contribution >= 0.6 is 0 Å². The van der Waals surface area contributed by atoms with Crippen molar-refractivity contribution in [3.05, 3.63) is 0 Å². The van der Waals surface area contributed by atoms with Gasteiger partial charge in [-0.05, 0) is 85.4 Å². The predicted molar refractivity (Wildman–Crippen MR) is 111 cm³/mol. The Labute approximate surface area is 175 Å². The van der Waals surface area contributed by atoms with E-state index in [-0.39, 0.29) is 29.0 Å². The Morgan fingerprint density at radius 2 is 1.79 bits per heavy atom. The first-order valence-electron chi connectivity index (χ1n) is 11.9. The number of carboxylic acid groups (broad SMARTS) is 1. The maximum atomic E-state index is 13.1. The van der Waals surface area contributed by atoms with Crippen LogP contribution in [0.1, 0.15) is 91.4 Å². The van der Waals surface area contributed by atoms with Crippen LogP contribution in [0.3, 0.4) is 0 Å². The number of aliphatic carboxylic acids is 1. The van der Waals surface area contributed by atoms with Crippen molar-refractivity contribution in [1.29, 1.82) is 0 Å². The molecule has 0 bridgehead atoms. The summed E-state index contributed by atoms with van der Waals surface area (Å²) in [6.45, 7) is 7.12. The van der Waals surface area contributed by atoms with E-state index >= 15 is 0 Å². The largest absolute Gasteiger partial charge is 0.481 e. The van der Waals surface area contributed by atoms with Crippen LogP contribution in [0.15, 0.2) is 0 Å². The van der Waals surface area contributed by atoms with Crippen molar-refractivity contribution in [3.8, 4) is 0 Å². The van der Waals surface area contributed by atoms with Gasteiger partial charge in [0.2, 0.25) is 0 Å². The molecule has 4 nitrogen and oxygen atoms in total. The van der Waals surface area contributed by atoms with E-state index in [2.05, 4.69) is 20.8 Å². The Hall–Kier alpha value is -1.19. The molecule has 4 aliphatic rings. The third kappa shape index (κ3) is 3.39. The van der Waals surface area contributed by atoms with Gasteiger partial charge in [0.1, 0.15) is 11.6 Å². The molecule has 0 unspecified atom stereocenters. The number of hydrogen-bond acceptors (Lipinski definition) is 3. The summed E-state index contributed by atoms with van der Waals surface area (Å²) in [4.78, 5) is 36.1. The van der Waals surface area contributed by atoms with Gasteiger partial charge in [-0.15, -0.1) is 0 Å². The van der Waals surface area contributed by atoms with Crippen LogP contribution in [-0.4, -0.2) is 22.6 Å². The summed E-state index contributed by atoms with van der Waals surface area (Å²) in [5.41, 5.74) is 0.318. The van der Waals surface area contributed by atoms with Crippen molar-refractivity contribution in [2.24, 2.45) is 46.3 Å². The minimum atomic E-state index is -0.692. The molecule has 0 aromatic heterocycles. The molecule has 4 heteroatoms. The number of carbonyl (C=O) groups excluding carboxylic acids is 2. The molecule has 0 amide bonds. The monoisotopic (exact) mass is 402 g/mol. The quantitative estimate of drug-likeness (QED) is 0.679. The zero-order valence-corrected chi connectivity index (χ0v) is 18.4. The second-order valence-electron chi connectivity index (χ2n) is 11.3. The third-order valence-electron chi connectivity index (χ3n) is 10.1. The summed E-state index contributed by atoms with van der Waals surface area (Å²) in [6, 6.07) is 0. The van der Waals surface area contributed by atoms with Crippen molar-refractivity contribution in [2.45, 2.75) is 91.4 Å². The zero-order chi connectivity index (χ0) is 21.0. The number of Topliss-reactive ketones (excluding diaryl/α,β-unsaturated/α-hetero) is 2. The maximum absolute atomic E-state index is 13.1. The second-order valence-corrected chi connectivity index (χ2v) is 11.3. The third-order valence-corrected chi connectivity index (χ3v) is 10.1. The van der Waals surface area contributed by atoms with Gasteiger partial charge in [-0.2, -0.15) is 0 Å². The summed E-state index contributed by atoms with van der Waals surface area (Å²) in [6.07, 6.45) is 9.67. The van der Waals surface area contributed by atoms with Gasteiger partial charge >= 0.3 is 5.97 Å². The normalized spacial score (nSPS) is 45.3. The second kappa shape index (κ2) is 7.50. The molecule has 4 aliphatic carbocycles. The van der Waals surface area contributed by atoms with Crippen LogP contribution < -0.4 is 0 Å². The molecule has 4 rings (SSSR count). The van der Waals surface area contributed by atoms with Crippen molar-refractivity contribution in [2.75, 3.05) is 0 Å². The summed E-state index contributed by atoms with van der Waals surface area (Å²) in [5.74, 6) is 2.84. The molecule has 0 spiro atoms. The highest BCUT2D eigenvalue weighted by molar-refractivity contribution is 5.90. The first kappa shape index (κ1) is 21.1. The molecule has 0 radical (unpaired) electrons. The summed E-state index contributed by atoms with van der Waals surface area (Å²) >= 11 is 0. The molecule has 29 heavy (non-hydrogen) atoms. The molecule has 0 aromatic carbocycles. The standard InChI is InChI=1S/C25H38O4/c1-15(5-4-6-23(28)29)18-7-8-19-17-14-22(27)21-13-16(26)9-11-25(21,3)20(17)10-12-24(18,19)2/h15,17-21H,4-14H2,1-3H3,(H,28,29)/t15-,17+,18-,19+,20+,21-,24-,25-/m1/s1. The van der Waals surface area contributed by atoms with Gasteiger partial charge in [-0.3, -0.25) is 14.4 Å². The minimum absolute atomic E-state index is 0.0264. The smallest absolute Gasteiger partial charge is 0.303 e. The fraction of sp³-hybridized carbons (Fsp3) is 0.880. The molecule has 8 atom stereocenters. The van der Waals surface area contributed by atoms with E-state index in [4.69, 9.17) is 5.11 Å². The van der Waals surface area contributed by atoms with E-state index in [1.807, 2.05) is 0 Å². The molecule has 162 valence electrons. The van der Waals surface area contributed by atoms with Gasteiger partial charge in [0.25, 0.3) is 0 Å². The van der Waals surface area contributed by atoms with E-state index < -0.39 is 5.97 Å². The first-order chi connectivity index (χ1) is 13.7. The molecule has 0 heterocycles. The van der Waals surface area contributed by atoms with E-state index in [1.54, 1.807) is 0 Å². The summed E-state index contributed by atoms with van der Waals surface area (Å²) in [7, 11) is 0. The lowest BCUT2D eigenvalue weighted by Gasteiger charge is -2.59. The highest BCUT2D eigenvalue weighted by Crippen LogP contribution is 2.67. The lowest BCUT2D eigenvalue weighted by Crippen LogP contribution is -2.56. The lowest BCUT2D eigenvalue weighted by atomic mass is 9.44. The average molecular weight is 403 g/mol. The van der Waals surface area contributed by atoms with Gasteiger partial charge < -0.3 is 5.11 Å². The number of carbonyl (C=O) groups is 3. The number of hydrogen-bond donors (Lipinski definition) is 1. The van der Waals surface area contributed by atoms with Crippen LogP contribution in [0, 0.1) is 46.3 Å². The van der Waals surface area contributed by atoms with Crippen molar-refractivity contribution in [1.82, 2.24) is 0 Å². The Balaban J connectivity index is 1.52. The molecule has 0 saturated heterocycles. The first-order valence-corrected chi connectivity index (χ1v) is 11.9. The number of fused-ring (bicyclic) bond motifs is 5. The Kier molecular flexibility index (Phi) is 5.44. The van der Waals surface area contributed by atoms with Crippen LogP contribution in [0.25, 0.3) is 0 Å². The Bertz CT molecular complexity index is 699. The van der Waals surface area contributed by atoms with E-state index in [0.29, 0.717) is 54.6 Å². The highest BCUT2D eigenvalue weighted by Gasteiger charge is 2.62. The van der Waals surface area contributed by atoms with Gasteiger partial charge in [0, 0.05) is 31.6 Å². The van der Waals surface area contributed by atoms with E-state index in [0.717, 1.165) is 19.3 Å². The predicted octanol–water partition coefficient (Wildman–Crippen LogP) is 5.28. The molecule has 0 aliphatic heterocycles. The molecule has 0 aromatic rings. The van der Waals surface area contributed by atoms with Crippen LogP contribution in [-0.2, 0) is 14.4 Å². The summed E-state index contributed by atoms with van der Waals surface area (Å²) < 4.78 is 0. The Morgan fingerprint density at radius 1 is 1.07 bits per heavy atom. The van der Waals surface area contributed by atoms with Crippen LogP contribution in [0.2, 0.25) is 0 Å². The molecule has 4 fully saturated rings. The van der Waals surface area contributed by atoms with Gasteiger partial charge in [0.05, 0.1) is 0 Å². The van der Waals surface area contributed by atoms with Crippen LogP contribution in [0.4, 0.5) is 0 Å². The molecular weight excluding hydrogens is 364 g/mol. The molecule has 1 N–H and O–H groups in total. The van der Waals surface area contributed by atoms with Crippen molar-refractivity contribution < 1.29 is 19.5 Å². The highest BCUT2D eigenvalue weighted by atomic mass is 16.4. The van der Waals surface area contributed by atoms with Crippen LogP contribution in [0.5, 0.6) is 0 Å². The SMILES string of the molecule is C[C@H](CCCC(=O)O)[C@H]1CC[C@H]2[C@@H]3CC(=O)[C@H]4CC(=O)CC[C@]4(C)[C@H]3CC[C@]12C. The molecular formula is C25H38O4. The van der Waals surface area contributed by atoms with Gasteiger partial charge in [-0.25, -0.2) is 0 Å². The fourth-order valence-electron chi connectivity index (χ4n) is 8.59. The topological polar surface area (TPSA) is 71.4 Å². The lowest BCUT2D eigenvalue weighted by molar-refractivity contribution is -0.159. The van der Waals surface area contributed by atoms with Gasteiger partial charge in [0.15, 0.2) is 0 Å². The van der Waals surface area contributed by atoms with Crippen molar-refractivity contribution >= 4 is 17.5 Å². The average Bonchev–Trinajstić information content (AvgIpc) is 3.00. The van der Waals surface area contributed by atoms with Crippen molar-refractivity contribution in [3.63, 3.8) is 0 Å². The van der Waals surface area contributed by atoms with Gasteiger partial charge in [-0.1, -0.05) is 20.8 Å². The minimum Gasteiger partial charge on any atom is -0.481 e. The number of rotatable bonds is 5. The van der Waals surface area contributed by atoms with E-state index in [9.17, 15) is 14.4 Å². The number of carboxylic acids is 1. The van der Waals surface area contributed by atoms with E-state index in [1.165, 1.54) is 25.7 Å². The molecule has 4 saturated carbocycles. The Morgan fingerprint density at radius 3 is 2.52 bits per heavy atom. The summed E-state index contributed by atoms with van der Waals surface area (Å²) in [5, 5.41) is 8.97. The number of ketones is 2.